The lowest BCUT2D eigenvalue weighted by molar-refractivity contribution is 0.0949. The first-order chi connectivity index (χ1) is 8.16. The number of nitrogens with one attached hydrogen (secondary N) is 2. The molecule has 1 amide bonds. The lowest BCUT2D eigenvalue weighted by Gasteiger charge is -2.02. The Kier molecular flexibility index (Phi) is 3.04. The van der Waals surface area contributed by atoms with Gasteiger partial charge in [-0.15, -0.1) is 0 Å². The Hall–Kier alpha value is -2.37. The molecule has 6 heteroatoms. The van der Waals surface area contributed by atoms with E-state index in [9.17, 15) is 9.59 Å². The van der Waals surface area contributed by atoms with Crippen LogP contribution in [0, 0.1) is 0 Å². The molecule has 88 valence electrons. The lowest BCUT2D eigenvalue weighted by Crippen LogP contribution is -2.28. The Morgan fingerprint density at radius 1 is 1.59 bits per heavy atom. The summed E-state index contributed by atoms with van der Waals surface area (Å²) in [4.78, 5) is 25.5. The molecule has 0 saturated heterocycles. The average Bonchev–Trinajstić information content (AvgIpc) is 2.73. The second kappa shape index (κ2) is 4.65. The van der Waals surface area contributed by atoms with Crippen LogP contribution >= 0.6 is 0 Å². The predicted molar refractivity (Wildman–Crippen MR) is 61.4 cm³/mol. The molecule has 0 unspecified atom stereocenters. The molecule has 0 aliphatic rings. The fraction of sp³-hybridized carbons (Fsp3) is 0.182. The number of carbonyl (C=O) groups excluding carboxylic acids is 1. The van der Waals surface area contributed by atoms with Gasteiger partial charge in [0.2, 0.25) is 0 Å². The van der Waals surface area contributed by atoms with Crippen molar-refractivity contribution >= 4 is 5.91 Å². The molecular formula is C11H12N4O2. The predicted octanol–water partition coefficient (Wildman–Crippen LogP) is 0.0384. The van der Waals surface area contributed by atoms with Crippen molar-refractivity contribution in [2.45, 2.75) is 6.54 Å². The van der Waals surface area contributed by atoms with Crippen molar-refractivity contribution in [2.75, 3.05) is 0 Å². The second-order valence-corrected chi connectivity index (χ2v) is 3.62. The van der Waals surface area contributed by atoms with Gasteiger partial charge in [-0.25, -0.2) is 0 Å². The van der Waals surface area contributed by atoms with Gasteiger partial charge in [0.1, 0.15) is 5.56 Å². The molecule has 0 aromatic carbocycles. The average molecular weight is 232 g/mol. The largest absolute Gasteiger partial charge is 0.348 e. The molecule has 0 atom stereocenters. The molecular weight excluding hydrogens is 220 g/mol. The number of nitrogens with zero attached hydrogens (tertiary/aromatic N) is 2. The van der Waals surface area contributed by atoms with E-state index >= 15 is 0 Å². The van der Waals surface area contributed by atoms with Gasteiger partial charge in [-0.1, -0.05) is 0 Å². The Morgan fingerprint density at radius 2 is 2.41 bits per heavy atom. The highest BCUT2D eigenvalue weighted by Gasteiger charge is 2.09. The molecule has 2 aromatic heterocycles. The van der Waals surface area contributed by atoms with Crippen LogP contribution in [0.4, 0.5) is 0 Å². The van der Waals surface area contributed by atoms with Gasteiger partial charge in [0.15, 0.2) is 0 Å². The Bertz CT molecular complexity index is 585. The summed E-state index contributed by atoms with van der Waals surface area (Å²) < 4.78 is 1.65. The summed E-state index contributed by atoms with van der Waals surface area (Å²) in [6.45, 7) is 0.348. The number of pyridine rings is 1. The molecule has 2 aromatic rings. The van der Waals surface area contributed by atoms with Gasteiger partial charge in [-0.2, -0.15) is 5.10 Å². The molecule has 0 radical (unpaired) electrons. The van der Waals surface area contributed by atoms with Crippen LogP contribution in [0.5, 0.6) is 0 Å². The third-order valence-electron chi connectivity index (χ3n) is 2.27. The van der Waals surface area contributed by atoms with Crippen LogP contribution in [0.3, 0.4) is 0 Å². The standard InChI is InChI=1S/C11H12N4O2/c1-15-7-8(6-14-15)5-13-11(17)9-3-2-4-12-10(9)16/h2-4,6-7H,5H2,1H3,(H,12,16)(H,13,17). The number of amides is 1. The number of aromatic nitrogens is 3. The van der Waals surface area contributed by atoms with Gasteiger partial charge >= 0.3 is 0 Å². The van der Waals surface area contributed by atoms with E-state index < -0.39 is 11.5 Å². The summed E-state index contributed by atoms with van der Waals surface area (Å²) >= 11 is 0. The quantitative estimate of drug-likeness (QED) is 0.784. The van der Waals surface area contributed by atoms with Crippen LogP contribution in [0.15, 0.2) is 35.5 Å². The van der Waals surface area contributed by atoms with Crippen LogP contribution < -0.4 is 10.9 Å². The van der Waals surface area contributed by atoms with Crippen molar-refractivity contribution in [3.8, 4) is 0 Å². The summed E-state index contributed by atoms with van der Waals surface area (Å²) in [7, 11) is 1.80. The zero-order chi connectivity index (χ0) is 12.3. The van der Waals surface area contributed by atoms with E-state index in [1.807, 2.05) is 0 Å². The summed E-state index contributed by atoms with van der Waals surface area (Å²) in [5.74, 6) is -0.393. The van der Waals surface area contributed by atoms with Gasteiger partial charge in [0.25, 0.3) is 11.5 Å². The molecule has 0 fully saturated rings. The van der Waals surface area contributed by atoms with E-state index in [1.165, 1.54) is 12.3 Å². The summed E-state index contributed by atoms with van der Waals surface area (Å²) in [5.41, 5.74) is 0.598. The Balaban J connectivity index is 2.03. The van der Waals surface area contributed by atoms with Gasteiger partial charge in [0, 0.05) is 31.5 Å². The number of H-pyrrole nitrogens is 1. The number of carbonyl (C=O) groups is 1. The highest BCUT2D eigenvalue weighted by Crippen LogP contribution is 1.96. The minimum atomic E-state index is -0.393. The van der Waals surface area contributed by atoms with Crippen molar-refractivity contribution in [2.24, 2.45) is 7.05 Å². The van der Waals surface area contributed by atoms with E-state index in [0.29, 0.717) is 6.54 Å². The molecule has 0 spiro atoms. The van der Waals surface area contributed by atoms with Crippen LogP contribution in [0.25, 0.3) is 0 Å². The first kappa shape index (κ1) is 11.1. The number of hydrogen-bond acceptors (Lipinski definition) is 3. The van der Waals surface area contributed by atoms with Crippen LogP contribution in [0.2, 0.25) is 0 Å². The minimum Gasteiger partial charge on any atom is -0.348 e. The number of rotatable bonds is 3. The molecule has 0 bridgehead atoms. The normalized spacial score (nSPS) is 10.2. The molecule has 0 saturated carbocycles. The maximum absolute atomic E-state index is 11.7. The fourth-order valence-electron chi connectivity index (χ4n) is 1.44. The van der Waals surface area contributed by atoms with Crippen molar-refractivity contribution in [3.05, 3.63) is 52.2 Å². The minimum absolute atomic E-state index is 0.108. The van der Waals surface area contributed by atoms with Crippen LogP contribution in [-0.4, -0.2) is 20.7 Å². The van der Waals surface area contributed by atoms with Gasteiger partial charge in [-0.05, 0) is 12.1 Å². The van der Waals surface area contributed by atoms with Crippen molar-refractivity contribution in [1.29, 1.82) is 0 Å². The van der Waals surface area contributed by atoms with E-state index in [-0.39, 0.29) is 5.56 Å². The number of aryl methyl sites for hydroxylation is 1. The zero-order valence-corrected chi connectivity index (χ0v) is 9.30. The van der Waals surface area contributed by atoms with E-state index in [1.54, 1.807) is 30.2 Å². The van der Waals surface area contributed by atoms with Crippen LogP contribution in [0.1, 0.15) is 15.9 Å². The van der Waals surface area contributed by atoms with Gasteiger partial charge in [0.05, 0.1) is 6.20 Å². The van der Waals surface area contributed by atoms with E-state index in [0.717, 1.165) is 5.56 Å². The summed E-state index contributed by atoms with van der Waals surface area (Å²) in [6, 6.07) is 3.10. The Labute approximate surface area is 97.3 Å². The van der Waals surface area contributed by atoms with Crippen molar-refractivity contribution < 1.29 is 4.79 Å². The molecule has 0 aliphatic carbocycles. The number of hydrogen-bond donors (Lipinski definition) is 2. The smallest absolute Gasteiger partial charge is 0.260 e. The maximum atomic E-state index is 11.7. The second-order valence-electron chi connectivity index (χ2n) is 3.62. The van der Waals surface area contributed by atoms with Crippen LogP contribution in [-0.2, 0) is 13.6 Å². The van der Waals surface area contributed by atoms with Gasteiger partial charge < -0.3 is 10.3 Å². The van der Waals surface area contributed by atoms with E-state index in [4.69, 9.17) is 0 Å². The van der Waals surface area contributed by atoms with Gasteiger partial charge in [-0.3, -0.25) is 14.3 Å². The SMILES string of the molecule is Cn1cc(CNC(=O)c2ccc[nH]c2=O)cn1. The summed E-state index contributed by atoms with van der Waals surface area (Å²) in [5, 5.41) is 6.64. The highest BCUT2D eigenvalue weighted by molar-refractivity contribution is 5.93. The fourth-order valence-corrected chi connectivity index (χ4v) is 1.44. The monoisotopic (exact) mass is 232 g/mol. The first-order valence-electron chi connectivity index (χ1n) is 5.10. The lowest BCUT2D eigenvalue weighted by atomic mass is 10.2. The third-order valence-corrected chi connectivity index (χ3v) is 2.27. The Morgan fingerprint density at radius 3 is 3.06 bits per heavy atom. The summed E-state index contributed by atoms with van der Waals surface area (Å²) in [6.07, 6.45) is 4.95. The third kappa shape index (κ3) is 2.60. The van der Waals surface area contributed by atoms with Crippen molar-refractivity contribution in [1.82, 2.24) is 20.1 Å². The first-order valence-corrected chi connectivity index (χ1v) is 5.10. The number of aromatic amines is 1. The topological polar surface area (TPSA) is 79.8 Å². The molecule has 2 N–H and O–H groups in total. The molecule has 2 heterocycles. The highest BCUT2D eigenvalue weighted by atomic mass is 16.2. The molecule has 17 heavy (non-hydrogen) atoms. The van der Waals surface area contributed by atoms with Crippen molar-refractivity contribution in [3.63, 3.8) is 0 Å². The molecule has 2 rings (SSSR count). The molecule has 6 nitrogen and oxygen atoms in total. The molecule has 0 aliphatic heterocycles. The maximum Gasteiger partial charge on any atom is 0.260 e. The zero-order valence-electron chi connectivity index (χ0n) is 9.30. The van der Waals surface area contributed by atoms with E-state index in [2.05, 4.69) is 15.4 Å².